The second-order valence-electron chi connectivity index (χ2n) is 8.28. The molecular formula is C21H28N4. The molecule has 1 spiro atoms. The van der Waals surface area contributed by atoms with Gasteiger partial charge >= 0.3 is 0 Å². The number of nitrogens with zero attached hydrogens (tertiary/aromatic N) is 3. The van der Waals surface area contributed by atoms with Crippen molar-refractivity contribution in [3.8, 4) is 0 Å². The zero-order chi connectivity index (χ0) is 17.0. The largest absolute Gasteiger partial charge is 0.364 e. The maximum atomic E-state index is 6.37. The van der Waals surface area contributed by atoms with E-state index in [1.54, 1.807) is 4.68 Å². The molecule has 132 valence electrons. The monoisotopic (exact) mass is 336 g/mol. The Kier molecular flexibility index (Phi) is 3.37. The molecule has 0 amide bonds. The summed E-state index contributed by atoms with van der Waals surface area (Å²) in [7, 11) is 0. The molecule has 2 aromatic rings. The third kappa shape index (κ3) is 2.09. The van der Waals surface area contributed by atoms with Gasteiger partial charge in [0.2, 0.25) is 0 Å². The first-order valence-corrected chi connectivity index (χ1v) is 9.88. The van der Waals surface area contributed by atoms with Crippen molar-refractivity contribution in [3.63, 3.8) is 0 Å². The van der Waals surface area contributed by atoms with E-state index in [2.05, 4.69) is 11.5 Å². The van der Waals surface area contributed by atoms with Gasteiger partial charge in [0.15, 0.2) is 0 Å². The van der Waals surface area contributed by atoms with Gasteiger partial charge in [-0.15, -0.1) is 0 Å². The fourth-order valence-electron chi connectivity index (χ4n) is 6.07. The standard InChI is InChI=1S/C21H28N4/c1-15-21(12-6-7-13-21)16-8-2-4-10-18(16)24(15)14-20-23-17-9-3-5-11-19(17)25(20)22/h3,5,9,11,16,18H,1-2,4,6-8,10,12-14,22H2. The SMILES string of the molecule is C=C1N(Cc2nc3ccccc3n2N)C2CCCCC2C12CCCC2. The predicted octanol–water partition coefficient (Wildman–Crippen LogP) is 4.20. The van der Waals surface area contributed by atoms with E-state index in [9.17, 15) is 0 Å². The fraction of sp³-hybridized carbons (Fsp3) is 0.571. The smallest absolute Gasteiger partial charge is 0.147 e. The molecule has 25 heavy (non-hydrogen) atoms. The minimum Gasteiger partial charge on any atom is -0.364 e. The van der Waals surface area contributed by atoms with E-state index in [0.717, 1.165) is 29.3 Å². The number of nitrogen functional groups attached to an aromatic ring is 1. The minimum absolute atomic E-state index is 0.372. The van der Waals surface area contributed by atoms with E-state index < -0.39 is 0 Å². The summed E-state index contributed by atoms with van der Waals surface area (Å²) in [6.45, 7) is 5.42. The van der Waals surface area contributed by atoms with Crippen molar-refractivity contribution < 1.29 is 0 Å². The van der Waals surface area contributed by atoms with Crippen LogP contribution in [0.1, 0.15) is 57.2 Å². The number of hydrogen-bond acceptors (Lipinski definition) is 3. The Balaban J connectivity index is 1.52. The Bertz CT molecular complexity index is 814. The molecular weight excluding hydrogens is 308 g/mol. The van der Waals surface area contributed by atoms with Gasteiger partial charge in [0.1, 0.15) is 5.82 Å². The lowest BCUT2D eigenvalue weighted by atomic mass is 9.68. The third-order valence-corrected chi connectivity index (χ3v) is 7.24. The second-order valence-corrected chi connectivity index (χ2v) is 8.28. The van der Waals surface area contributed by atoms with E-state index in [4.69, 9.17) is 10.8 Å². The lowest BCUT2D eigenvalue weighted by molar-refractivity contribution is 0.151. The van der Waals surface area contributed by atoms with Gasteiger partial charge in [-0.25, -0.2) is 9.66 Å². The molecule has 0 radical (unpaired) electrons. The van der Waals surface area contributed by atoms with E-state index >= 15 is 0 Å². The quantitative estimate of drug-likeness (QED) is 0.836. The summed E-state index contributed by atoms with van der Waals surface area (Å²) in [6, 6.07) is 8.78. The highest BCUT2D eigenvalue weighted by molar-refractivity contribution is 5.75. The lowest BCUT2D eigenvalue weighted by Crippen LogP contribution is -2.35. The topological polar surface area (TPSA) is 47.1 Å². The van der Waals surface area contributed by atoms with Crippen molar-refractivity contribution in [2.75, 3.05) is 5.84 Å². The van der Waals surface area contributed by atoms with E-state index in [-0.39, 0.29) is 0 Å². The summed E-state index contributed by atoms with van der Waals surface area (Å²) in [6.07, 6.45) is 10.8. The van der Waals surface area contributed by atoms with Gasteiger partial charge in [0.25, 0.3) is 0 Å². The molecule has 0 bridgehead atoms. The van der Waals surface area contributed by atoms with Crippen molar-refractivity contribution in [3.05, 3.63) is 42.4 Å². The van der Waals surface area contributed by atoms with Crippen molar-refractivity contribution >= 4 is 11.0 Å². The Morgan fingerprint density at radius 1 is 1.12 bits per heavy atom. The number of fused-ring (bicyclic) bond motifs is 3. The number of hydrogen-bond donors (Lipinski definition) is 1. The molecule has 2 heterocycles. The second kappa shape index (κ2) is 5.52. The molecule has 2 saturated carbocycles. The lowest BCUT2D eigenvalue weighted by Gasteiger charge is -2.35. The van der Waals surface area contributed by atoms with Crippen LogP contribution in [0.25, 0.3) is 11.0 Å². The third-order valence-electron chi connectivity index (χ3n) is 7.24. The van der Waals surface area contributed by atoms with E-state index in [1.807, 2.05) is 24.3 Å². The van der Waals surface area contributed by atoms with Crippen LogP contribution >= 0.6 is 0 Å². The number of allylic oxidation sites excluding steroid dienone is 1. The summed E-state index contributed by atoms with van der Waals surface area (Å²) in [5.74, 6) is 8.13. The normalized spacial score (nSPS) is 28.2. The van der Waals surface area contributed by atoms with Gasteiger partial charge < -0.3 is 10.7 Å². The summed E-state index contributed by atoms with van der Waals surface area (Å²) < 4.78 is 1.78. The van der Waals surface area contributed by atoms with Gasteiger partial charge in [-0.1, -0.05) is 44.4 Å². The number of benzene rings is 1. The van der Waals surface area contributed by atoms with E-state index in [1.165, 1.54) is 57.1 Å². The molecule has 2 unspecified atom stereocenters. The molecule has 1 aliphatic heterocycles. The summed E-state index contributed by atoms with van der Waals surface area (Å²) in [4.78, 5) is 7.40. The van der Waals surface area contributed by atoms with Crippen LogP contribution in [0.4, 0.5) is 0 Å². The average molecular weight is 336 g/mol. The highest BCUT2D eigenvalue weighted by Crippen LogP contribution is 2.60. The van der Waals surface area contributed by atoms with Crippen molar-refractivity contribution in [2.45, 2.75) is 64.0 Å². The zero-order valence-electron chi connectivity index (χ0n) is 15.0. The number of imidazole rings is 1. The molecule has 2 atom stereocenters. The summed E-state index contributed by atoms with van der Waals surface area (Å²) >= 11 is 0. The van der Waals surface area contributed by atoms with Gasteiger partial charge in [-0.05, 0) is 43.7 Å². The molecule has 4 nitrogen and oxygen atoms in total. The van der Waals surface area contributed by atoms with Crippen molar-refractivity contribution in [1.82, 2.24) is 14.6 Å². The van der Waals surface area contributed by atoms with Crippen LogP contribution in [0.3, 0.4) is 0 Å². The minimum atomic E-state index is 0.372. The molecule has 3 aliphatic rings. The van der Waals surface area contributed by atoms with Crippen molar-refractivity contribution in [2.24, 2.45) is 11.3 Å². The van der Waals surface area contributed by atoms with Gasteiger partial charge in [0.05, 0.1) is 17.6 Å². The van der Waals surface area contributed by atoms with Gasteiger partial charge in [0, 0.05) is 17.2 Å². The van der Waals surface area contributed by atoms with Crippen LogP contribution in [0.2, 0.25) is 0 Å². The highest BCUT2D eigenvalue weighted by Gasteiger charge is 2.55. The molecule has 1 saturated heterocycles. The predicted molar refractivity (Wildman–Crippen MR) is 101 cm³/mol. The first kappa shape index (κ1) is 15.3. The van der Waals surface area contributed by atoms with Crippen LogP contribution in [0, 0.1) is 11.3 Å². The van der Waals surface area contributed by atoms with Crippen LogP contribution in [-0.2, 0) is 6.54 Å². The van der Waals surface area contributed by atoms with Crippen LogP contribution in [-0.4, -0.2) is 20.6 Å². The maximum absolute atomic E-state index is 6.37. The molecule has 1 aromatic heterocycles. The molecule has 2 aliphatic carbocycles. The van der Waals surface area contributed by atoms with Crippen LogP contribution < -0.4 is 5.84 Å². The number of aromatic nitrogens is 2. The van der Waals surface area contributed by atoms with Gasteiger partial charge in [-0.3, -0.25) is 0 Å². The Hall–Kier alpha value is -1.97. The first-order valence-electron chi connectivity index (χ1n) is 9.88. The first-order chi connectivity index (χ1) is 12.2. The Morgan fingerprint density at radius 3 is 2.68 bits per heavy atom. The number of nitrogens with two attached hydrogens (primary N) is 1. The molecule has 5 rings (SSSR count). The maximum Gasteiger partial charge on any atom is 0.147 e. The molecule has 2 N–H and O–H groups in total. The highest BCUT2D eigenvalue weighted by atomic mass is 15.4. The number of rotatable bonds is 2. The van der Waals surface area contributed by atoms with E-state index in [0.29, 0.717) is 11.5 Å². The number of para-hydroxylation sites is 2. The van der Waals surface area contributed by atoms with Crippen LogP contribution in [0.15, 0.2) is 36.5 Å². The Labute approximate surface area is 149 Å². The summed E-state index contributed by atoms with van der Waals surface area (Å²) in [5.41, 5.74) is 3.75. The van der Waals surface area contributed by atoms with Crippen molar-refractivity contribution in [1.29, 1.82) is 0 Å². The molecule has 4 heteroatoms. The van der Waals surface area contributed by atoms with Crippen LogP contribution in [0.5, 0.6) is 0 Å². The molecule has 3 fully saturated rings. The Morgan fingerprint density at radius 2 is 1.88 bits per heavy atom. The zero-order valence-corrected chi connectivity index (χ0v) is 15.0. The molecule has 1 aromatic carbocycles. The summed E-state index contributed by atoms with van der Waals surface area (Å²) in [5, 5.41) is 0. The average Bonchev–Trinajstić information content (AvgIpc) is 3.31. The fourth-order valence-corrected chi connectivity index (χ4v) is 6.07. The number of likely N-dealkylation sites (tertiary alicyclic amines) is 1. The van der Waals surface area contributed by atoms with Gasteiger partial charge in [-0.2, -0.15) is 0 Å².